The molecule has 2 rings (SSSR count). The summed E-state index contributed by atoms with van der Waals surface area (Å²) < 4.78 is 38.7. The van der Waals surface area contributed by atoms with Gasteiger partial charge in [0.15, 0.2) is 0 Å². The quantitative estimate of drug-likeness (QED) is 0.851. The van der Waals surface area contributed by atoms with Crippen LogP contribution in [0.15, 0.2) is 24.3 Å². The van der Waals surface area contributed by atoms with Gasteiger partial charge < -0.3 is 5.32 Å². The second kappa shape index (κ2) is 6.17. The van der Waals surface area contributed by atoms with Gasteiger partial charge in [-0.25, -0.2) is 0 Å². The lowest BCUT2D eigenvalue weighted by atomic mass is 9.93. The van der Waals surface area contributed by atoms with Gasteiger partial charge in [0.05, 0.1) is 5.56 Å². The van der Waals surface area contributed by atoms with Gasteiger partial charge in [-0.15, -0.1) is 0 Å². The van der Waals surface area contributed by atoms with Crippen molar-refractivity contribution < 1.29 is 13.2 Å². The Hall–Kier alpha value is -1.03. The molecule has 1 aliphatic carbocycles. The first-order valence-corrected chi connectivity index (χ1v) is 7.32. The maximum atomic E-state index is 12.9. The van der Waals surface area contributed by atoms with Crippen molar-refractivity contribution in [2.24, 2.45) is 11.8 Å². The van der Waals surface area contributed by atoms with E-state index in [0.717, 1.165) is 18.9 Å². The molecule has 0 spiro atoms. The van der Waals surface area contributed by atoms with Crippen LogP contribution in [0, 0.1) is 11.8 Å². The SMILES string of the molecule is CCC1CCC(NCc2ccccc2C(F)(F)F)C1C. The third-order valence-corrected chi connectivity index (χ3v) is 4.63. The van der Waals surface area contributed by atoms with E-state index in [9.17, 15) is 13.2 Å². The zero-order valence-electron chi connectivity index (χ0n) is 12.0. The number of alkyl halides is 3. The molecular weight excluding hydrogens is 263 g/mol. The van der Waals surface area contributed by atoms with Crippen LogP contribution in [0.25, 0.3) is 0 Å². The maximum absolute atomic E-state index is 12.9. The Kier molecular flexibility index (Phi) is 4.74. The summed E-state index contributed by atoms with van der Waals surface area (Å²) in [5.74, 6) is 1.24. The van der Waals surface area contributed by atoms with Gasteiger partial charge in [-0.3, -0.25) is 0 Å². The van der Waals surface area contributed by atoms with Crippen LogP contribution in [0.1, 0.15) is 44.2 Å². The largest absolute Gasteiger partial charge is 0.416 e. The molecule has 3 unspecified atom stereocenters. The fourth-order valence-corrected chi connectivity index (χ4v) is 3.30. The van der Waals surface area contributed by atoms with E-state index in [1.165, 1.54) is 12.5 Å². The average Bonchev–Trinajstić information content (AvgIpc) is 2.76. The molecule has 0 heterocycles. The van der Waals surface area contributed by atoms with Crippen LogP contribution in [0.3, 0.4) is 0 Å². The van der Waals surface area contributed by atoms with E-state index in [1.807, 2.05) is 0 Å². The Morgan fingerprint density at radius 3 is 2.50 bits per heavy atom. The summed E-state index contributed by atoms with van der Waals surface area (Å²) in [7, 11) is 0. The Morgan fingerprint density at radius 1 is 1.20 bits per heavy atom. The summed E-state index contributed by atoms with van der Waals surface area (Å²) in [5, 5.41) is 3.32. The lowest BCUT2D eigenvalue weighted by Gasteiger charge is -2.22. The van der Waals surface area contributed by atoms with E-state index in [0.29, 0.717) is 30.0 Å². The minimum Gasteiger partial charge on any atom is -0.310 e. The predicted molar refractivity (Wildman–Crippen MR) is 74.3 cm³/mol. The molecule has 1 aromatic rings. The summed E-state index contributed by atoms with van der Waals surface area (Å²) in [4.78, 5) is 0. The van der Waals surface area contributed by atoms with Crippen molar-refractivity contribution in [1.29, 1.82) is 0 Å². The van der Waals surface area contributed by atoms with Crippen molar-refractivity contribution in [2.75, 3.05) is 0 Å². The summed E-state index contributed by atoms with van der Waals surface area (Å²) in [6.45, 7) is 4.68. The second-order valence-electron chi connectivity index (χ2n) is 5.75. The first-order valence-electron chi connectivity index (χ1n) is 7.32. The minimum absolute atomic E-state index is 0.293. The molecule has 0 bridgehead atoms. The number of rotatable bonds is 4. The molecular formula is C16H22F3N. The number of hydrogen-bond donors (Lipinski definition) is 1. The summed E-state index contributed by atoms with van der Waals surface area (Å²) in [6, 6.07) is 6.16. The monoisotopic (exact) mass is 285 g/mol. The Balaban J connectivity index is 2.02. The molecule has 1 aliphatic rings. The van der Waals surface area contributed by atoms with Crippen molar-refractivity contribution >= 4 is 0 Å². The van der Waals surface area contributed by atoms with E-state index in [2.05, 4.69) is 19.2 Å². The van der Waals surface area contributed by atoms with Crippen LogP contribution >= 0.6 is 0 Å². The van der Waals surface area contributed by atoms with Crippen molar-refractivity contribution in [1.82, 2.24) is 5.32 Å². The van der Waals surface area contributed by atoms with Crippen LogP contribution in [0.4, 0.5) is 13.2 Å². The zero-order valence-corrected chi connectivity index (χ0v) is 12.0. The van der Waals surface area contributed by atoms with Crippen molar-refractivity contribution in [2.45, 2.75) is 51.9 Å². The fourth-order valence-electron chi connectivity index (χ4n) is 3.30. The Morgan fingerprint density at radius 2 is 1.90 bits per heavy atom. The van der Waals surface area contributed by atoms with Crippen molar-refractivity contribution in [3.63, 3.8) is 0 Å². The highest BCUT2D eigenvalue weighted by atomic mass is 19.4. The minimum atomic E-state index is -4.27. The first-order chi connectivity index (χ1) is 9.43. The van der Waals surface area contributed by atoms with E-state index >= 15 is 0 Å². The number of nitrogens with one attached hydrogen (secondary N) is 1. The van der Waals surface area contributed by atoms with Gasteiger partial charge in [0.25, 0.3) is 0 Å². The molecule has 0 radical (unpaired) electrons. The molecule has 1 saturated carbocycles. The summed E-state index contributed by atoms with van der Waals surface area (Å²) in [6.07, 6.45) is -0.881. The molecule has 1 nitrogen and oxygen atoms in total. The smallest absolute Gasteiger partial charge is 0.310 e. The molecule has 112 valence electrons. The number of halogens is 3. The van der Waals surface area contributed by atoms with Crippen LogP contribution in [-0.4, -0.2) is 6.04 Å². The van der Waals surface area contributed by atoms with Gasteiger partial charge in [-0.1, -0.05) is 38.5 Å². The first kappa shape index (κ1) is 15.4. The van der Waals surface area contributed by atoms with Gasteiger partial charge in [0, 0.05) is 12.6 Å². The fraction of sp³-hybridized carbons (Fsp3) is 0.625. The van der Waals surface area contributed by atoms with E-state index in [4.69, 9.17) is 0 Å². The molecule has 0 amide bonds. The highest BCUT2D eigenvalue weighted by Gasteiger charge is 2.34. The summed E-state index contributed by atoms with van der Waals surface area (Å²) >= 11 is 0. The predicted octanol–water partition coefficient (Wildman–Crippen LogP) is 4.62. The van der Waals surface area contributed by atoms with Crippen LogP contribution in [0.2, 0.25) is 0 Å². The number of hydrogen-bond acceptors (Lipinski definition) is 1. The highest BCUT2D eigenvalue weighted by molar-refractivity contribution is 5.29. The average molecular weight is 285 g/mol. The standard InChI is InChI=1S/C16H22F3N/c1-3-12-8-9-15(11(12)2)20-10-13-6-4-5-7-14(13)16(17,18)19/h4-7,11-12,15,20H,3,8-10H2,1-2H3. The third kappa shape index (κ3) is 3.35. The third-order valence-electron chi connectivity index (χ3n) is 4.63. The molecule has 1 aromatic carbocycles. The van der Waals surface area contributed by atoms with Crippen LogP contribution < -0.4 is 5.32 Å². The van der Waals surface area contributed by atoms with E-state index < -0.39 is 11.7 Å². The molecule has 1 N–H and O–H groups in total. The lowest BCUT2D eigenvalue weighted by Crippen LogP contribution is -2.32. The van der Waals surface area contributed by atoms with Gasteiger partial charge in [-0.2, -0.15) is 13.2 Å². The van der Waals surface area contributed by atoms with Crippen LogP contribution in [0.5, 0.6) is 0 Å². The molecule has 3 atom stereocenters. The molecule has 1 fully saturated rings. The lowest BCUT2D eigenvalue weighted by molar-refractivity contribution is -0.138. The van der Waals surface area contributed by atoms with E-state index in [1.54, 1.807) is 12.1 Å². The molecule has 4 heteroatoms. The van der Waals surface area contributed by atoms with E-state index in [-0.39, 0.29) is 0 Å². The van der Waals surface area contributed by atoms with Crippen molar-refractivity contribution in [3.05, 3.63) is 35.4 Å². The Bertz CT molecular complexity index is 442. The molecule has 0 saturated heterocycles. The Labute approximate surface area is 118 Å². The van der Waals surface area contributed by atoms with Gasteiger partial charge in [0.2, 0.25) is 0 Å². The van der Waals surface area contributed by atoms with Gasteiger partial charge >= 0.3 is 6.18 Å². The molecule has 0 aliphatic heterocycles. The highest BCUT2D eigenvalue weighted by Crippen LogP contribution is 2.35. The topological polar surface area (TPSA) is 12.0 Å². The van der Waals surface area contributed by atoms with Gasteiger partial charge in [0.1, 0.15) is 0 Å². The summed E-state index contributed by atoms with van der Waals surface area (Å²) in [5.41, 5.74) is -0.183. The molecule has 20 heavy (non-hydrogen) atoms. The van der Waals surface area contributed by atoms with Crippen molar-refractivity contribution in [3.8, 4) is 0 Å². The molecule has 0 aromatic heterocycles. The maximum Gasteiger partial charge on any atom is 0.416 e. The van der Waals surface area contributed by atoms with Gasteiger partial charge in [-0.05, 0) is 36.3 Å². The normalized spacial score (nSPS) is 26.9. The number of benzene rings is 1. The van der Waals surface area contributed by atoms with Crippen LogP contribution in [-0.2, 0) is 12.7 Å². The second-order valence-corrected chi connectivity index (χ2v) is 5.75. The zero-order chi connectivity index (χ0) is 14.8.